The summed E-state index contributed by atoms with van der Waals surface area (Å²) in [5.41, 5.74) is 1.58. The molecule has 0 spiro atoms. The van der Waals surface area contributed by atoms with Crippen molar-refractivity contribution in [2.75, 3.05) is 0 Å². The van der Waals surface area contributed by atoms with Gasteiger partial charge >= 0.3 is 5.97 Å². The second kappa shape index (κ2) is 8.84. The Morgan fingerprint density at radius 1 is 1.16 bits per heavy atom. The van der Waals surface area contributed by atoms with Crippen molar-refractivity contribution in [3.8, 4) is 0 Å². The number of amides is 1. The van der Waals surface area contributed by atoms with Gasteiger partial charge in [-0.2, -0.15) is 0 Å². The molecular formula is C24H22ClFN2O4. The largest absolute Gasteiger partial charge is 0.478 e. The van der Waals surface area contributed by atoms with Crippen molar-refractivity contribution in [2.24, 2.45) is 0 Å². The molecule has 2 aliphatic carbocycles. The fraction of sp³-hybridized carbons (Fsp3) is 0.292. The first-order valence-electron chi connectivity index (χ1n) is 10.4. The van der Waals surface area contributed by atoms with Gasteiger partial charge in [0.15, 0.2) is 0 Å². The van der Waals surface area contributed by atoms with E-state index >= 15 is 0 Å². The van der Waals surface area contributed by atoms with E-state index in [4.69, 9.17) is 22.1 Å². The molecule has 2 aromatic rings. The van der Waals surface area contributed by atoms with E-state index in [0.717, 1.165) is 24.5 Å². The van der Waals surface area contributed by atoms with Crippen LogP contribution in [0, 0.1) is 11.2 Å². The van der Waals surface area contributed by atoms with Gasteiger partial charge in [0.25, 0.3) is 5.91 Å². The summed E-state index contributed by atoms with van der Waals surface area (Å²) in [6.45, 7) is 0. The minimum absolute atomic E-state index is 0.0652. The van der Waals surface area contributed by atoms with Gasteiger partial charge < -0.3 is 15.5 Å². The van der Waals surface area contributed by atoms with E-state index in [1.165, 1.54) is 12.1 Å². The Morgan fingerprint density at radius 3 is 2.56 bits per heavy atom. The van der Waals surface area contributed by atoms with Crippen LogP contribution in [0.3, 0.4) is 0 Å². The summed E-state index contributed by atoms with van der Waals surface area (Å²) in [5, 5.41) is 30.9. The SMILES string of the molecule is N=C(C1=C(NC(=O)c2c(Cl)cccc2C2CC2)CC(O)CC1)c1ccc(C(=O)O)cc1F. The summed E-state index contributed by atoms with van der Waals surface area (Å²) in [4.78, 5) is 24.2. The Morgan fingerprint density at radius 2 is 1.91 bits per heavy atom. The van der Waals surface area contributed by atoms with Gasteiger partial charge in [-0.1, -0.05) is 23.7 Å². The van der Waals surface area contributed by atoms with Crippen LogP contribution in [-0.4, -0.2) is 33.9 Å². The Balaban J connectivity index is 1.68. The number of carboxylic acid groups (broad SMARTS) is 1. The Hall–Kier alpha value is -3.03. The molecule has 2 aromatic carbocycles. The average molecular weight is 457 g/mol. The normalized spacial score (nSPS) is 18.4. The maximum atomic E-state index is 14.6. The van der Waals surface area contributed by atoms with Gasteiger partial charge in [-0.05, 0) is 67.0 Å². The van der Waals surface area contributed by atoms with Crippen LogP contribution in [0.2, 0.25) is 5.02 Å². The number of hydrogen-bond donors (Lipinski definition) is 4. The van der Waals surface area contributed by atoms with E-state index in [0.29, 0.717) is 34.2 Å². The highest BCUT2D eigenvalue weighted by atomic mass is 35.5. The molecule has 1 saturated carbocycles. The lowest BCUT2D eigenvalue weighted by atomic mass is 9.87. The number of aliphatic hydroxyl groups is 1. The van der Waals surface area contributed by atoms with Crippen molar-refractivity contribution >= 4 is 29.2 Å². The van der Waals surface area contributed by atoms with Crippen LogP contribution in [0.5, 0.6) is 0 Å². The highest BCUT2D eigenvalue weighted by Crippen LogP contribution is 2.43. The Bertz CT molecular complexity index is 1160. The number of aliphatic hydroxyl groups excluding tert-OH is 1. The number of carbonyl (C=O) groups excluding carboxylic acids is 1. The van der Waals surface area contributed by atoms with Crippen LogP contribution in [0.4, 0.5) is 4.39 Å². The van der Waals surface area contributed by atoms with E-state index in [9.17, 15) is 19.1 Å². The molecule has 1 atom stereocenters. The van der Waals surface area contributed by atoms with Crippen LogP contribution < -0.4 is 5.32 Å². The molecule has 0 radical (unpaired) electrons. The minimum atomic E-state index is -1.26. The van der Waals surface area contributed by atoms with Gasteiger partial charge in [0, 0.05) is 17.7 Å². The lowest BCUT2D eigenvalue weighted by Gasteiger charge is -2.26. The number of nitrogens with one attached hydrogen (secondary N) is 2. The quantitative estimate of drug-likeness (QED) is 0.474. The Labute approximate surface area is 189 Å². The Kier molecular flexibility index (Phi) is 6.13. The van der Waals surface area contributed by atoms with Crippen LogP contribution in [0.15, 0.2) is 47.7 Å². The molecule has 4 N–H and O–H groups in total. The smallest absolute Gasteiger partial charge is 0.335 e. The van der Waals surface area contributed by atoms with Gasteiger partial charge in [-0.25, -0.2) is 9.18 Å². The lowest BCUT2D eigenvalue weighted by molar-refractivity contribution is 0.0696. The molecule has 0 aliphatic heterocycles. The predicted molar refractivity (Wildman–Crippen MR) is 118 cm³/mol. The second-order valence-electron chi connectivity index (χ2n) is 8.16. The molecule has 166 valence electrons. The van der Waals surface area contributed by atoms with Crippen molar-refractivity contribution in [2.45, 2.75) is 44.1 Å². The lowest BCUT2D eigenvalue weighted by Crippen LogP contribution is -2.32. The summed E-state index contributed by atoms with van der Waals surface area (Å²) < 4.78 is 14.6. The summed E-state index contributed by atoms with van der Waals surface area (Å²) in [5.74, 6) is -2.23. The molecule has 0 aromatic heterocycles. The van der Waals surface area contributed by atoms with E-state index in [-0.39, 0.29) is 29.7 Å². The molecule has 32 heavy (non-hydrogen) atoms. The summed E-state index contributed by atoms with van der Waals surface area (Å²) in [6, 6.07) is 8.68. The maximum absolute atomic E-state index is 14.6. The second-order valence-corrected chi connectivity index (χ2v) is 8.57. The van der Waals surface area contributed by atoms with E-state index in [2.05, 4.69) is 5.32 Å². The fourth-order valence-corrected chi connectivity index (χ4v) is 4.32. The highest BCUT2D eigenvalue weighted by Gasteiger charge is 2.31. The molecule has 1 amide bonds. The van der Waals surface area contributed by atoms with Crippen molar-refractivity contribution in [3.05, 3.63) is 80.8 Å². The molecule has 0 bridgehead atoms. The predicted octanol–water partition coefficient (Wildman–Crippen LogP) is 4.65. The maximum Gasteiger partial charge on any atom is 0.335 e. The van der Waals surface area contributed by atoms with Crippen LogP contribution in [0.25, 0.3) is 0 Å². The van der Waals surface area contributed by atoms with Gasteiger partial charge in [0.05, 0.1) is 28.0 Å². The highest BCUT2D eigenvalue weighted by molar-refractivity contribution is 6.34. The van der Waals surface area contributed by atoms with Gasteiger partial charge in [0.2, 0.25) is 0 Å². The van der Waals surface area contributed by atoms with Crippen LogP contribution >= 0.6 is 11.6 Å². The molecule has 2 aliphatic rings. The molecule has 1 unspecified atom stereocenters. The molecule has 0 saturated heterocycles. The zero-order valence-corrected chi connectivity index (χ0v) is 17.9. The zero-order chi connectivity index (χ0) is 23.0. The first-order valence-corrected chi connectivity index (χ1v) is 10.8. The summed E-state index contributed by atoms with van der Waals surface area (Å²) in [7, 11) is 0. The van der Waals surface area contributed by atoms with E-state index in [1.54, 1.807) is 12.1 Å². The number of hydrogen-bond acceptors (Lipinski definition) is 4. The fourth-order valence-electron chi connectivity index (χ4n) is 4.05. The summed E-state index contributed by atoms with van der Waals surface area (Å²) >= 11 is 6.33. The number of benzene rings is 2. The van der Waals surface area contributed by atoms with Gasteiger partial charge in [-0.3, -0.25) is 10.2 Å². The van der Waals surface area contributed by atoms with Crippen molar-refractivity contribution in [3.63, 3.8) is 0 Å². The average Bonchev–Trinajstić information content (AvgIpc) is 3.58. The van der Waals surface area contributed by atoms with E-state index < -0.39 is 23.8 Å². The molecule has 1 fully saturated rings. The molecule has 0 heterocycles. The number of carbonyl (C=O) groups is 2. The number of halogens is 2. The third kappa shape index (κ3) is 4.45. The third-order valence-corrected chi connectivity index (χ3v) is 6.19. The van der Waals surface area contributed by atoms with Crippen molar-refractivity contribution in [1.29, 1.82) is 5.41 Å². The first-order chi connectivity index (χ1) is 15.3. The van der Waals surface area contributed by atoms with Crippen LogP contribution in [0.1, 0.15) is 69.9 Å². The number of aromatic carboxylic acids is 1. The molecular weight excluding hydrogens is 435 g/mol. The standard InChI is InChI=1S/C24H22ClFN2O4/c25-18-3-1-2-15(12-4-5-12)21(18)23(30)28-20-11-14(29)7-9-17(20)22(27)16-8-6-13(24(31)32)10-19(16)26/h1-3,6,8,10,12,14,27,29H,4-5,7,9,11H2,(H,28,30)(H,31,32). The summed E-state index contributed by atoms with van der Waals surface area (Å²) in [6.07, 6.45) is 2.03. The van der Waals surface area contributed by atoms with Crippen molar-refractivity contribution < 1.29 is 24.2 Å². The minimum Gasteiger partial charge on any atom is -0.478 e. The zero-order valence-electron chi connectivity index (χ0n) is 17.1. The topological polar surface area (TPSA) is 110 Å². The third-order valence-electron chi connectivity index (χ3n) is 5.87. The molecule has 4 rings (SSSR count). The number of carboxylic acids is 1. The number of allylic oxidation sites excluding steroid dienone is 1. The van der Waals surface area contributed by atoms with Gasteiger partial charge in [0.1, 0.15) is 5.82 Å². The van der Waals surface area contributed by atoms with Crippen molar-refractivity contribution in [1.82, 2.24) is 5.32 Å². The molecule has 6 nitrogen and oxygen atoms in total. The monoisotopic (exact) mass is 456 g/mol. The first kappa shape index (κ1) is 22.2. The van der Waals surface area contributed by atoms with Crippen LogP contribution in [-0.2, 0) is 0 Å². The van der Waals surface area contributed by atoms with Gasteiger partial charge in [-0.15, -0.1) is 0 Å². The molecule has 8 heteroatoms. The van der Waals surface area contributed by atoms with E-state index in [1.807, 2.05) is 6.07 Å². The number of rotatable bonds is 6.